The van der Waals surface area contributed by atoms with Crippen molar-refractivity contribution >= 4 is 11.5 Å². The van der Waals surface area contributed by atoms with Crippen molar-refractivity contribution in [2.45, 2.75) is 44.9 Å². The number of nitrogens with zero attached hydrogens (tertiary/aromatic N) is 1. The van der Waals surface area contributed by atoms with Crippen molar-refractivity contribution in [3.05, 3.63) is 41.5 Å². The van der Waals surface area contributed by atoms with Crippen LogP contribution in [0.25, 0.3) is 5.57 Å². The van der Waals surface area contributed by atoms with Gasteiger partial charge in [0.15, 0.2) is 0 Å². The highest BCUT2D eigenvalue weighted by Crippen LogP contribution is 2.42. The van der Waals surface area contributed by atoms with E-state index in [2.05, 4.69) is 47.5 Å². The minimum atomic E-state index is -0.0770. The van der Waals surface area contributed by atoms with Gasteiger partial charge in [0.1, 0.15) is 0 Å². The molecule has 0 saturated carbocycles. The lowest BCUT2D eigenvalue weighted by molar-refractivity contribution is -0.147. The van der Waals surface area contributed by atoms with E-state index in [0.717, 1.165) is 58.3 Å². The van der Waals surface area contributed by atoms with E-state index in [1.165, 1.54) is 16.7 Å². The van der Waals surface area contributed by atoms with E-state index in [-0.39, 0.29) is 5.41 Å². The van der Waals surface area contributed by atoms with Crippen molar-refractivity contribution in [3.63, 3.8) is 0 Å². The van der Waals surface area contributed by atoms with E-state index in [4.69, 9.17) is 0 Å². The quantitative estimate of drug-likeness (QED) is 0.922. The third kappa shape index (κ3) is 2.59. The summed E-state index contributed by atoms with van der Waals surface area (Å²) in [7, 11) is 0. The smallest absolute Gasteiger partial charge is 0.229 e. The van der Waals surface area contributed by atoms with Crippen LogP contribution in [-0.4, -0.2) is 37.0 Å². The van der Waals surface area contributed by atoms with Crippen LogP contribution in [0.2, 0.25) is 0 Å². The fourth-order valence-corrected chi connectivity index (χ4v) is 4.89. The van der Waals surface area contributed by atoms with Gasteiger partial charge in [0.25, 0.3) is 0 Å². The lowest BCUT2D eigenvalue weighted by atomic mass is 9.72. The van der Waals surface area contributed by atoms with Gasteiger partial charge in [0.05, 0.1) is 5.41 Å². The molecule has 1 aromatic rings. The molecule has 4 rings (SSSR count). The van der Waals surface area contributed by atoms with Crippen molar-refractivity contribution < 1.29 is 4.79 Å². The summed E-state index contributed by atoms with van der Waals surface area (Å²) >= 11 is 0. The topological polar surface area (TPSA) is 32.3 Å². The lowest BCUT2D eigenvalue weighted by Crippen LogP contribution is -2.53. The zero-order chi connectivity index (χ0) is 16.6. The largest absolute Gasteiger partial charge is 0.338 e. The van der Waals surface area contributed by atoms with Crippen molar-refractivity contribution in [3.8, 4) is 0 Å². The van der Waals surface area contributed by atoms with Crippen LogP contribution in [0.3, 0.4) is 0 Å². The maximum Gasteiger partial charge on any atom is 0.229 e. The van der Waals surface area contributed by atoms with Crippen molar-refractivity contribution in [2.24, 2.45) is 5.41 Å². The molecule has 0 aromatic heterocycles. The summed E-state index contributed by atoms with van der Waals surface area (Å²) in [6.07, 6.45) is 7.78. The first-order chi connectivity index (χ1) is 11.7. The SMILES string of the molecule is CCC1C=C(CN2CCCC3(CCNCC3)C2=O)c2ccccc21. The number of hydrogen-bond donors (Lipinski definition) is 1. The van der Waals surface area contributed by atoms with Gasteiger partial charge in [-0.3, -0.25) is 4.79 Å². The molecule has 24 heavy (non-hydrogen) atoms. The molecule has 3 aliphatic rings. The molecule has 128 valence electrons. The first-order valence-electron chi connectivity index (χ1n) is 9.53. The predicted octanol–water partition coefficient (Wildman–Crippen LogP) is 3.57. The van der Waals surface area contributed by atoms with Gasteiger partial charge in [0.2, 0.25) is 5.91 Å². The van der Waals surface area contributed by atoms with Crippen LogP contribution in [0.4, 0.5) is 0 Å². The van der Waals surface area contributed by atoms with Gasteiger partial charge in [-0.1, -0.05) is 37.3 Å². The molecule has 3 heteroatoms. The van der Waals surface area contributed by atoms with E-state index in [9.17, 15) is 4.79 Å². The van der Waals surface area contributed by atoms with Crippen LogP contribution < -0.4 is 5.32 Å². The van der Waals surface area contributed by atoms with Crippen LogP contribution >= 0.6 is 0 Å². The Hall–Kier alpha value is -1.61. The third-order valence-corrected chi connectivity index (χ3v) is 6.29. The van der Waals surface area contributed by atoms with Crippen LogP contribution in [-0.2, 0) is 4.79 Å². The standard InChI is InChI=1S/C21H28N2O/c1-2-16-14-17(19-7-4-3-6-18(16)19)15-23-13-5-8-21(20(23)24)9-11-22-12-10-21/h3-4,6-7,14,16,22H,2,5,8-13,15H2,1H3. The summed E-state index contributed by atoms with van der Waals surface area (Å²) in [5.41, 5.74) is 4.08. The number of allylic oxidation sites excluding steroid dienone is 1. The number of carbonyl (C=O) groups excluding carboxylic acids is 1. The van der Waals surface area contributed by atoms with Gasteiger partial charge in [-0.25, -0.2) is 0 Å². The van der Waals surface area contributed by atoms with Crippen LogP contribution in [0, 0.1) is 5.41 Å². The van der Waals surface area contributed by atoms with Crippen molar-refractivity contribution in [1.29, 1.82) is 0 Å². The normalized spacial score (nSPS) is 25.7. The van der Waals surface area contributed by atoms with E-state index in [1.54, 1.807) is 0 Å². The zero-order valence-electron chi connectivity index (χ0n) is 14.7. The molecule has 1 aliphatic carbocycles. The molecule has 2 fully saturated rings. The van der Waals surface area contributed by atoms with E-state index in [1.807, 2.05) is 0 Å². The number of carbonyl (C=O) groups is 1. The summed E-state index contributed by atoms with van der Waals surface area (Å²) in [6.45, 7) is 5.94. The number of fused-ring (bicyclic) bond motifs is 1. The van der Waals surface area contributed by atoms with Crippen molar-refractivity contribution in [2.75, 3.05) is 26.2 Å². The third-order valence-electron chi connectivity index (χ3n) is 6.29. The highest BCUT2D eigenvalue weighted by molar-refractivity contribution is 5.86. The number of benzene rings is 1. The van der Waals surface area contributed by atoms with Crippen LogP contribution in [0.15, 0.2) is 30.3 Å². The number of hydrogen-bond acceptors (Lipinski definition) is 2. The van der Waals surface area contributed by atoms with E-state index in [0.29, 0.717) is 11.8 Å². The Morgan fingerprint density at radius 2 is 2.00 bits per heavy atom. The molecule has 1 unspecified atom stereocenters. The van der Waals surface area contributed by atoms with Crippen LogP contribution in [0.5, 0.6) is 0 Å². The Kier molecular flexibility index (Phi) is 4.21. The van der Waals surface area contributed by atoms with Gasteiger partial charge >= 0.3 is 0 Å². The first-order valence-corrected chi connectivity index (χ1v) is 9.53. The van der Waals surface area contributed by atoms with Gasteiger partial charge in [-0.2, -0.15) is 0 Å². The summed E-state index contributed by atoms with van der Waals surface area (Å²) in [5.74, 6) is 0.928. The molecule has 0 bridgehead atoms. The summed E-state index contributed by atoms with van der Waals surface area (Å²) in [5, 5.41) is 3.41. The lowest BCUT2D eigenvalue weighted by Gasteiger charge is -2.44. The second-order valence-electron chi connectivity index (χ2n) is 7.65. The number of piperidine rings is 2. The molecule has 3 nitrogen and oxygen atoms in total. The Morgan fingerprint density at radius 1 is 1.21 bits per heavy atom. The number of likely N-dealkylation sites (tertiary alicyclic amines) is 1. The minimum absolute atomic E-state index is 0.0770. The zero-order valence-corrected chi connectivity index (χ0v) is 14.7. The van der Waals surface area contributed by atoms with Gasteiger partial charge in [-0.05, 0) is 61.9 Å². The molecular weight excluding hydrogens is 296 g/mol. The molecule has 1 spiro atoms. The summed E-state index contributed by atoms with van der Waals surface area (Å²) in [6, 6.07) is 8.73. The molecular formula is C21H28N2O. The number of rotatable bonds is 3. The van der Waals surface area contributed by atoms with Gasteiger partial charge in [0, 0.05) is 19.0 Å². The van der Waals surface area contributed by atoms with Crippen LogP contribution in [0.1, 0.15) is 56.1 Å². The summed E-state index contributed by atoms with van der Waals surface area (Å²) < 4.78 is 0. The second kappa shape index (κ2) is 6.36. The number of amides is 1. The van der Waals surface area contributed by atoms with E-state index >= 15 is 0 Å². The maximum atomic E-state index is 13.2. The molecule has 1 aromatic carbocycles. The molecule has 1 N–H and O–H groups in total. The molecule has 2 aliphatic heterocycles. The minimum Gasteiger partial charge on any atom is -0.338 e. The second-order valence-corrected chi connectivity index (χ2v) is 7.65. The van der Waals surface area contributed by atoms with E-state index < -0.39 is 0 Å². The molecule has 0 radical (unpaired) electrons. The monoisotopic (exact) mass is 324 g/mol. The van der Waals surface area contributed by atoms with Crippen molar-refractivity contribution in [1.82, 2.24) is 10.2 Å². The molecule has 2 heterocycles. The Bertz CT molecular complexity index is 652. The predicted molar refractivity (Wildman–Crippen MR) is 97.8 cm³/mol. The fraction of sp³-hybridized carbons (Fsp3) is 0.571. The maximum absolute atomic E-state index is 13.2. The van der Waals surface area contributed by atoms with Gasteiger partial charge < -0.3 is 10.2 Å². The summed E-state index contributed by atoms with van der Waals surface area (Å²) in [4.78, 5) is 15.4. The van der Waals surface area contributed by atoms with Gasteiger partial charge in [-0.15, -0.1) is 0 Å². The average molecular weight is 324 g/mol. The Morgan fingerprint density at radius 3 is 2.79 bits per heavy atom. The Labute approximate surface area is 145 Å². The molecule has 1 atom stereocenters. The highest BCUT2D eigenvalue weighted by atomic mass is 16.2. The number of nitrogens with one attached hydrogen (secondary N) is 1. The fourth-order valence-electron chi connectivity index (χ4n) is 4.89. The first kappa shape index (κ1) is 15.9. The Balaban J connectivity index is 1.56. The highest BCUT2D eigenvalue weighted by Gasteiger charge is 2.44. The molecule has 1 amide bonds. The molecule has 2 saturated heterocycles. The average Bonchev–Trinajstić information content (AvgIpc) is 2.98.